The summed E-state index contributed by atoms with van der Waals surface area (Å²) in [6, 6.07) is 20.0. The average molecular weight is 1110 g/mol. The molecule has 6 aromatic rings. The Bertz CT molecular complexity index is 3080. The first-order chi connectivity index (χ1) is 36.8. The molecule has 0 radical (unpaired) electrons. The molecule has 408 valence electrons. The number of aliphatic imine (C=N–C) groups is 1. The predicted molar refractivity (Wildman–Crippen MR) is 299 cm³/mol. The van der Waals surface area contributed by atoms with Gasteiger partial charge in [-0.3, -0.25) is 28.7 Å². The van der Waals surface area contributed by atoms with E-state index in [1.165, 1.54) is 9.78 Å². The number of fused-ring (bicyclic) bond motifs is 3. The van der Waals surface area contributed by atoms with Gasteiger partial charge in [0.2, 0.25) is 23.6 Å². The Morgan fingerprint density at radius 3 is 2.16 bits per heavy atom. The van der Waals surface area contributed by atoms with E-state index in [2.05, 4.69) is 45.0 Å². The van der Waals surface area contributed by atoms with Crippen molar-refractivity contribution in [3.05, 3.63) is 133 Å². The number of thiophene rings is 1. The van der Waals surface area contributed by atoms with Crippen LogP contribution in [0.2, 0.25) is 5.02 Å². The van der Waals surface area contributed by atoms with E-state index in [-0.39, 0.29) is 63.1 Å². The molecule has 77 heavy (non-hydrogen) atoms. The van der Waals surface area contributed by atoms with Crippen LogP contribution in [0.15, 0.2) is 83.3 Å². The van der Waals surface area contributed by atoms with Gasteiger partial charge in [0.05, 0.1) is 66.2 Å². The molecule has 20 heteroatoms. The lowest BCUT2D eigenvalue weighted by Crippen LogP contribution is -2.58. The summed E-state index contributed by atoms with van der Waals surface area (Å²) in [5, 5.41) is 30.2. The second kappa shape index (κ2) is 25.0. The number of halogens is 1. The van der Waals surface area contributed by atoms with Crippen molar-refractivity contribution in [1.82, 2.24) is 40.6 Å². The number of carbonyl (C=O) groups is 4. The Morgan fingerprint density at radius 1 is 0.818 bits per heavy atom. The number of thiazole rings is 1. The van der Waals surface area contributed by atoms with Crippen molar-refractivity contribution >= 4 is 63.6 Å². The quantitative estimate of drug-likeness (QED) is 0.0501. The Hall–Kier alpha value is -6.35. The minimum absolute atomic E-state index is 0.0285. The number of hydrogen-bond acceptors (Lipinski definition) is 14. The fourth-order valence-electron chi connectivity index (χ4n) is 9.50. The van der Waals surface area contributed by atoms with Crippen molar-refractivity contribution < 1.29 is 38.5 Å². The van der Waals surface area contributed by atoms with Gasteiger partial charge in [0.25, 0.3) is 0 Å². The van der Waals surface area contributed by atoms with Crippen LogP contribution in [-0.2, 0) is 28.7 Å². The monoisotopic (exact) mass is 1110 g/mol. The second-order valence-corrected chi connectivity index (χ2v) is 23.2. The SMILES string of the molecule is Cc1ncsc1-c1ccc([C@H](C)NC(=O)[C@@H]2C[C@@H](O)CN2C(=O)C(NC(=O)COCCOCCCOc2ccc([C@H](C)NC(=O)CC3N=C(c4ccc(Cl)cc4)c4c(sc(C)c4C)-n4c(C)nnc43)cc2)C(C)(C)C)cc1. The predicted octanol–water partition coefficient (Wildman–Crippen LogP) is 8.67. The zero-order chi connectivity index (χ0) is 55.1. The molecule has 2 unspecified atom stereocenters. The average Bonchev–Trinajstić information content (AvgIpc) is 4.21. The van der Waals surface area contributed by atoms with Crippen molar-refractivity contribution in [2.75, 3.05) is 39.6 Å². The maximum absolute atomic E-state index is 14.1. The van der Waals surface area contributed by atoms with Crippen molar-refractivity contribution in [2.24, 2.45) is 10.4 Å². The third-order valence-corrected chi connectivity index (χ3v) is 16.3. The van der Waals surface area contributed by atoms with Gasteiger partial charge in [-0.05, 0) is 93.5 Å². The summed E-state index contributed by atoms with van der Waals surface area (Å²) in [5.41, 5.74) is 8.72. The van der Waals surface area contributed by atoms with Gasteiger partial charge in [0.15, 0.2) is 5.82 Å². The third-order valence-electron chi connectivity index (χ3n) is 13.9. The number of aryl methyl sites for hydroxylation is 3. The van der Waals surface area contributed by atoms with Gasteiger partial charge in [-0.15, -0.1) is 32.9 Å². The van der Waals surface area contributed by atoms with E-state index in [9.17, 15) is 24.3 Å². The number of carbonyl (C=O) groups excluding carboxylic acids is 4. The fraction of sp³-hybridized carbons (Fsp3) is 0.439. The number of aliphatic hydroxyl groups excluding tert-OH is 1. The van der Waals surface area contributed by atoms with Crippen molar-refractivity contribution in [3.8, 4) is 21.2 Å². The molecule has 8 rings (SSSR count). The van der Waals surface area contributed by atoms with Gasteiger partial charge in [0.1, 0.15) is 41.3 Å². The van der Waals surface area contributed by atoms with Crippen LogP contribution in [0, 0.1) is 33.1 Å². The number of ether oxygens (including phenoxy) is 3. The number of β-amino-alcohol motifs (C(OH)–C–C–N with tert-alkyl or cyclic N) is 1. The van der Waals surface area contributed by atoms with Crippen LogP contribution in [0.25, 0.3) is 15.4 Å². The van der Waals surface area contributed by atoms with E-state index in [4.69, 9.17) is 30.8 Å². The van der Waals surface area contributed by atoms with E-state index >= 15 is 0 Å². The summed E-state index contributed by atoms with van der Waals surface area (Å²) < 4.78 is 19.3. The van der Waals surface area contributed by atoms with Crippen LogP contribution in [0.5, 0.6) is 5.75 Å². The summed E-state index contributed by atoms with van der Waals surface area (Å²) in [6.07, 6.45) is -0.126. The smallest absolute Gasteiger partial charge is 0.246 e. The van der Waals surface area contributed by atoms with Crippen LogP contribution in [0.1, 0.15) is 122 Å². The van der Waals surface area contributed by atoms with E-state index in [1.807, 2.05) is 131 Å². The number of benzene rings is 3. The van der Waals surface area contributed by atoms with Gasteiger partial charge in [-0.25, -0.2) is 4.98 Å². The molecule has 5 heterocycles. The highest BCUT2D eigenvalue weighted by molar-refractivity contribution is 7.15. The van der Waals surface area contributed by atoms with Gasteiger partial charge >= 0.3 is 0 Å². The lowest BCUT2D eigenvalue weighted by molar-refractivity contribution is -0.144. The van der Waals surface area contributed by atoms with Crippen LogP contribution in [0.3, 0.4) is 0 Å². The number of amides is 4. The highest BCUT2D eigenvalue weighted by Gasteiger charge is 2.45. The number of nitrogens with one attached hydrogen (secondary N) is 3. The van der Waals surface area contributed by atoms with Gasteiger partial charge in [-0.2, -0.15) is 0 Å². The lowest BCUT2D eigenvalue weighted by Gasteiger charge is -2.35. The summed E-state index contributed by atoms with van der Waals surface area (Å²) >= 11 is 9.50. The minimum Gasteiger partial charge on any atom is -0.494 e. The first-order valence-corrected chi connectivity index (χ1v) is 28.0. The zero-order valence-electron chi connectivity index (χ0n) is 45.0. The lowest BCUT2D eigenvalue weighted by atomic mass is 9.85. The Balaban J connectivity index is 0.739. The van der Waals surface area contributed by atoms with E-state index in [0.29, 0.717) is 36.2 Å². The van der Waals surface area contributed by atoms with Crippen LogP contribution in [-0.4, -0.2) is 117 Å². The first kappa shape index (κ1) is 56.8. The van der Waals surface area contributed by atoms with Crippen LogP contribution in [0.4, 0.5) is 0 Å². The number of aliphatic hydroxyl groups is 1. The number of rotatable bonds is 21. The molecule has 2 aliphatic heterocycles. The fourth-order valence-corrected chi connectivity index (χ4v) is 11.7. The summed E-state index contributed by atoms with van der Waals surface area (Å²) in [6.45, 7) is 18.3. The van der Waals surface area contributed by atoms with E-state index in [0.717, 1.165) is 60.5 Å². The Kier molecular flexibility index (Phi) is 18.4. The van der Waals surface area contributed by atoms with Gasteiger partial charge < -0.3 is 40.2 Å². The van der Waals surface area contributed by atoms with Crippen molar-refractivity contribution in [1.29, 1.82) is 0 Å². The Morgan fingerprint density at radius 2 is 1.48 bits per heavy atom. The maximum Gasteiger partial charge on any atom is 0.246 e. The van der Waals surface area contributed by atoms with Crippen molar-refractivity contribution in [2.45, 2.75) is 118 Å². The molecule has 0 saturated carbocycles. The highest BCUT2D eigenvalue weighted by atomic mass is 35.5. The molecule has 4 amide bonds. The molecule has 1 saturated heterocycles. The minimum atomic E-state index is -0.982. The summed E-state index contributed by atoms with van der Waals surface area (Å²) in [4.78, 5) is 67.8. The molecular weight excluding hydrogens is 1040 g/mol. The molecule has 3 aromatic heterocycles. The largest absolute Gasteiger partial charge is 0.494 e. The summed E-state index contributed by atoms with van der Waals surface area (Å²) in [7, 11) is 0. The highest BCUT2D eigenvalue weighted by Crippen LogP contribution is 2.40. The second-order valence-electron chi connectivity index (χ2n) is 20.7. The number of hydrogen-bond donors (Lipinski definition) is 4. The molecule has 6 atom stereocenters. The molecule has 0 bridgehead atoms. The zero-order valence-corrected chi connectivity index (χ0v) is 47.4. The van der Waals surface area contributed by atoms with Crippen LogP contribution >= 0.6 is 34.3 Å². The Labute approximate surface area is 462 Å². The molecule has 2 aliphatic rings. The van der Waals surface area contributed by atoms with Gasteiger partial charge in [-0.1, -0.05) is 80.9 Å². The maximum atomic E-state index is 14.1. The first-order valence-electron chi connectivity index (χ1n) is 25.9. The molecular formula is C57H68ClN9O8S2. The molecule has 17 nitrogen and oxygen atoms in total. The number of likely N-dealkylation sites (tertiary alicyclic amines) is 1. The molecule has 4 N–H and O–H groups in total. The van der Waals surface area contributed by atoms with Crippen LogP contribution < -0.4 is 20.7 Å². The molecule has 3 aromatic carbocycles. The van der Waals surface area contributed by atoms with E-state index < -0.39 is 41.5 Å². The number of aromatic nitrogens is 4. The topological polar surface area (TPSA) is 211 Å². The molecule has 0 aliphatic carbocycles. The van der Waals surface area contributed by atoms with Crippen molar-refractivity contribution in [3.63, 3.8) is 0 Å². The normalized spacial score (nSPS) is 17.4. The molecule has 0 spiro atoms. The van der Waals surface area contributed by atoms with E-state index in [1.54, 1.807) is 22.7 Å². The number of nitrogens with zero attached hydrogens (tertiary/aromatic N) is 6. The van der Waals surface area contributed by atoms with Gasteiger partial charge in [0, 0.05) is 47.0 Å². The standard InChI is InChI=1S/C57H68ClN9O8S2/c1-32-36(5)77-56-49(32)50(40-15-19-42(58)20-16-40)62-45(53-65-64-37(6)67(53)56)28-47(69)60-33(2)39-17-21-44(22-18-39)75-24-10-23-73-25-26-74-30-48(70)63-52(57(7,8)9)55(72)66-29-43(68)27-46(66)54(71)61-34(3)38-11-13-41(14-12-38)51-35(4)59-31-76-51/h11-22,31,33-34,43,45-46,52,68H,10,23-30H2,1-9H3,(H,60,69)(H,61,71)(H,63,70)/t33-,34-,43+,45?,46-,52?/m0/s1. The third kappa shape index (κ3) is 13.7. The molecule has 1 fully saturated rings. The summed E-state index contributed by atoms with van der Waals surface area (Å²) in [5.74, 6) is 0.530.